The zero-order valence-electron chi connectivity index (χ0n) is 17.8. The first kappa shape index (κ1) is 21.9. The van der Waals surface area contributed by atoms with Crippen molar-refractivity contribution < 1.29 is 14.3 Å². The van der Waals surface area contributed by atoms with Crippen molar-refractivity contribution in [1.82, 2.24) is 14.7 Å². The van der Waals surface area contributed by atoms with E-state index in [1.807, 2.05) is 12.1 Å². The number of carbonyl (C=O) groups excluding carboxylic acids is 1. The van der Waals surface area contributed by atoms with E-state index in [4.69, 9.17) is 32.7 Å². The summed E-state index contributed by atoms with van der Waals surface area (Å²) in [5, 5.41) is 1.02. The molecule has 31 heavy (non-hydrogen) atoms. The van der Waals surface area contributed by atoms with Crippen molar-refractivity contribution in [2.75, 3.05) is 59.2 Å². The van der Waals surface area contributed by atoms with Crippen LogP contribution in [0, 0.1) is 5.92 Å². The van der Waals surface area contributed by atoms with Gasteiger partial charge in [-0.3, -0.25) is 14.6 Å². The molecule has 0 saturated carbocycles. The van der Waals surface area contributed by atoms with E-state index in [9.17, 15) is 4.79 Å². The molecule has 170 valence electrons. The fourth-order valence-electron chi connectivity index (χ4n) is 5.61. The number of amides is 1. The maximum Gasteiger partial charge on any atom is 0.227 e. The summed E-state index contributed by atoms with van der Waals surface area (Å²) >= 11 is 12.3. The molecule has 4 saturated heterocycles. The molecule has 4 aliphatic heterocycles. The minimum atomic E-state index is 0.164. The molecule has 0 spiro atoms. The average Bonchev–Trinajstić information content (AvgIpc) is 3.27. The van der Waals surface area contributed by atoms with Crippen LogP contribution in [-0.2, 0) is 20.7 Å². The van der Waals surface area contributed by atoms with E-state index in [0.717, 1.165) is 51.5 Å². The highest BCUT2D eigenvalue weighted by molar-refractivity contribution is 6.42. The third kappa shape index (κ3) is 4.61. The molecule has 1 amide bonds. The Morgan fingerprint density at radius 2 is 1.68 bits per heavy atom. The first-order valence-corrected chi connectivity index (χ1v) is 12.2. The monoisotopic (exact) mass is 467 g/mol. The Morgan fingerprint density at radius 3 is 2.39 bits per heavy atom. The zero-order chi connectivity index (χ0) is 21.4. The van der Waals surface area contributed by atoms with Crippen molar-refractivity contribution in [2.24, 2.45) is 5.92 Å². The van der Waals surface area contributed by atoms with Gasteiger partial charge >= 0.3 is 0 Å². The summed E-state index contributed by atoms with van der Waals surface area (Å²) in [5.41, 5.74) is 0.912. The smallest absolute Gasteiger partial charge is 0.227 e. The number of hydrogen-bond donors (Lipinski definition) is 0. The van der Waals surface area contributed by atoms with Crippen LogP contribution < -0.4 is 0 Å². The molecule has 0 N–H and O–H groups in total. The Labute approximate surface area is 194 Å². The van der Waals surface area contributed by atoms with Crippen LogP contribution in [-0.4, -0.2) is 97.9 Å². The van der Waals surface area contributed by atoms with Crippen LogP contribution in [0.5, 0.6) is 0 Å². The summed E-state index contributed by atoms with van der Waals surface area (Å²) < 4.78 is 11.5. The van der Waals surface area contributed by atoms with Crippen molar-refractivity contribution >= 4 is 29.1 Å². The number of carbonyl (C=O) groups is 1. The van der Waals surface area contributed by atoms with Gasteiger partial charge in [-0.1, -0.05) is 29.3 Å². The Hall–Kier alpha value is -0.890. The molecule has 0 radical (unpaired) electrons. The highest BCUT2D eigenvalue weighted by Crippen LogP contribution is 2.31. The van der Waals surface area contributed by atoms with E-state index in [0.29, 0.717) is 35.6 Å². The molecular formula is C23H31Cl2N3O3. The largest absolute Gasteiger partial charge is 0.381 e. The van der Waals surface area contributed by atoms with Crippen molar-refractivity contribution in [2.45, 2.75) is 37.4 Å². The molecule has 0 aliphatic carbocycles. The molecule has 3 atom stereocenters. The third-order valence-corrected chi connectivity index (χ3v) is 8.03. The van der Waals surface area contributed by atoms with Gasteiger partial charge in [-0.2, -0.15) is 0 Å². The molecule has 1 aromatic rings. The number of hydrogen-bond acceptors (Lipinski definition) is 5. The van der Waals surface area contributed by atoms with Gasteiger partial charge in [0, 0.05) is 25.6 Å². The predicted molar refractivity (Wildman–Crippen MR) is 121 cm³/mol. The van der Waals surface area contributed by atoms with E-state index in [1.54, 1.807) is 6.07 Å². The van der Waals surface area contributed by atoms with E-state index in [1.165, 1.54) is 12.8 Å². The lowest BCUT2D eigenvalue weighted by atomic mass is 9.90. The molecular weight excluding hydrogens is 437 g/mol. The topological polar surface area (TPSA) is 45.3 Å². The summed E-state index contributed by atoms with van der Waals surface area (Å²) in [6, 6.07) is 6.16. The number of rotatable bonds is 5. The normalized spacial score (nSPS) is 30.3. The maximum atomic E-state index is 13.5. The van der Waals surface area contributed by atoms with Crippen LogP contribution in [0.2, 0.25) is 10.0 Å². The van der Waals surface area contributed by atoms with Gasteiger partial charge in [-0.25, -0.2) is 0 Å². The van der Waals surface area contributed by atoms with Crippen LogP contribution in [0.25, 0.3) is 0 Å². The van der Waals surface area contributed by atoms with Crippen molar-refractivity contribution in [3.05, 3.63) is 33.8 Å². The lowest BCUT2D eigenvalue weighted by molar-refractivity contribution is -0.156. The summed E-state index contributed by atoms with van der Waals surface area (Å²) in [6.07, 6.45) is 2.81. The Balaban J connectivity index is 1.37. The van der Waals surface area contributed by atoms with Gasteiger partial charge in [0.1, 0.15) is 0 Å². The van der Waals surface area contributed by atoms with Gasteiger partial charge in [0.2, 0.25) is 5.91 Å². The molecule has 4 heterocycles. The number of fused-ring (bicyclic) bond motifs is 1. The van der Waals surface area contributed by atoms with Crippen LogP contribution >= 0.6 is 23.2 Å². The lowest BCUT2D eigenvalue weighted by Gasteiger charge is -2.55. The minimum absolute atomic E-state index is 0.164. The predicted octanol–water partition coefficient (Wildman–Crippen LogP) is 2.56. The second kappa shape index (κ2) is 9.54. The molecule has 4 fully saturated rings. The number of likely N-dealkylation sites (tertiary alicyclic amines) is 1. The number of halogens is 2. The van der Waals surface area contributed by atoms with Gasteiger partial charge in [0.15, 0.2) is 0 Å². The van der Waals surface area contributed by atoms with Gasteiger partial charge in [0.25, 0.3) is 0 Å². The molecule has 4 aliphatic rings. The van der Waals surface area contributed by atoms with Crippen molar-refractivity contribution in [3.8, 4) is 0 Å². The van der Waals surface area contributed by atoms with Crippen molar-refractivity contribution in [3.63, 3.8) is 0 Å². The van der Waals surface area contributed by atoms with Crippen molar-refractivity contribution in [1.29, 1.82) is 0 Å². The molecule has 0 bridgehead atoms. The van der Waals surface area contributed by atoms with E-state index < -0.39 is 0 Å². The van der Waals surface area contributed by atoms with E-state index in [-0.39, 0.29) is 24.0 Å². The van der Waals surface area contributed by atoms with Crippen LogP contribution in [0.4, 0.5) is 0 Å². The third-order valence-electron chi connectivity index (χ3n) is 7.29. The second-order valence-electron chi connectivity index (χ2n) is 9.32. The number of benzene rings is 1. The average molecular weight is 468 g/mol. The molecule has 1 aromatic carbocycles. The lowest BCUT2D eigenvalue weighted by Crippen LogP contribution is -2.72. The molecule has 0 aromatic heterocycles. The maximum absolute atomic E-state index is 13.5. The van der Waals surface area contributed by atoms with Crippen LogP contribution in [0.3, 0.4) is 0 Å². The number of piperazine rings is 1. The summed E-state index contributed by atoms with van der Waals surface area (Å²) in [4.78, 5) is 20.8. The van der Waals surface area contributed by atoms with Crippen LogP contribution in [0.1, 0.15) is 18.4 Å². The Kier molecular flexibility index (Phi) is 6.75. The fourth-order valence-corrected chi connectivity index (χ4v) is 5.93. The molecule has 8 heteroatoms. The second-order valence-corrected chi connectivity index (χ2v) is 10.1. The van der Waals surface area contributed by atoms with Gasteiger partial charge in [-0.15, -0.1) is 0 Å². The SMILES string of the molecule is O=C(Cc1ccc(Cl)c(Cl)c1)N1CCN(CC2COC2)[C@@H]2COCC(N3CCCC3)[C@H]21. The first-order valence-electron chi connectivity index (χ1n) is 11.5. The Morgan fingerprint density at radius 1 is 0.935 bits per heavy atom. The summed E-state index contributed by atoms with van der Waals surface area (Å²) in [7, 11) is 0. The molecule has 6 nitrogen and oxygen atoms in total. The fraction of sp³-hybridized carbons (Fsp3) is 0.696. The summed E-state index contributed by atoms with van der Waals surface area (Å²) in [6.45, 7) is 7.99. The van der Waals surface area contributed by atoms with Crippen LogP contribution in [0.15, 0.2) is 18.2 Å². The van der Waals surface area contributed by atoms with E-state index >= 15 is 0 Å². The highest BCUT2D eigenvalue weighted by Gasteiger charge is 2.48. The zero-order valence-corrected chi connectivity index (χ0v) is 19.4. The first-order chi connectivity index (χ1) is 15.1. The Bertz CT molecular complexity index is 800. The quantitative estimate of drug-likeness (QED) is 0.665. The van der Waals surface area contributed by atoms with E-state index in [2.05, 4.69) is 14.7 Å². The molecule has 5 rings (SSSR count). The number of ether oxygens (including phenoxy) is 2. The van der Waals surface area contributed by atoms with Gasteiger partial charge in [0.05, 0.1) is 61.0 Å². The minimum Gasteiger partial charge on any atom is -0.381 e. The molecule has 1 unspecified atom stereocenters. The highest BCUT2D eigenvalue weighted by atomic mass is 35.5. The van der Waals surface area contributed by atoms with Gasteiger partial charge in [-0.05, 0) is 43.6 Å². The van der Waals surface area contributed by atoms with Gasteiger partial charge < -0.3 is 14.4 Å². The number of nitrogens with zero attached hydrogens (tertiary/aromatic N) is 3. The summed E-state index contributed by atoms with van der Waals surface area (Å²) in [5.74, 6) is 0.775. The standard InChI is InChI=1S/C23H31Cl2N3O3/c24-18-4-3-16(9-19(18)25)10-22(29)28-8-7-27(11-17-12-30-13-17)21-15-31-14-20(23(21)28)26-5-1-2-6-26/h3-4,9,17,20-21,23H,1-2,5-8,10-15H2/t20?,21-,23-/m1/s1.